The van der Waals surface area contributed by atoms with Crippen LogP contribution in [0, 0.1) is 0 Å². The molecule has 0 fully saturated rings. The topological polar surface area (TPSA) is 96.3 Å². The Morgan fingerprint density at radius 3 is 2.62 bits per heavy atom. The predicted molar refractivity (Wildman–Crippen MR) is 75.4 cm³/mol. The van der Waals surface area contributed by atoms with Gasteiger partial charge in [-0.3, -0.25) is 0 Å². The smallest absolute Gasteiger partial charge is 0.330 e. The van der Waals surface area contributed by atoms with Crippen LogP contribution < -0.4 is 10.6 Å². The molecule has 0 aliphatic carbocycles. The zero-order valence-corrected chi connectivity index (χ0v) is 11.5. The number of aliphatic carboxylic acids is 1. The van der Waals surface area contributed by atoms with Gasteiger partial charge in [0.1, 0.15) is 5.82 Å². The summed E-state index contributed by atoms with van der Waals surface area (Å²) in [6.45, 7) is 0.219. The number of imidazole rings is 1. The van der Waals surface area contributed by atoms with Gasteiger partial charge in [0.15, 0.2) is 6.04 Å². The van der Waals surface area contributed by atoms with Crippen LogP contribution in [0.5, 0.6) is 0 Å². The molecule has 7 nitrogen and oxygen atoms in total. The van der Waals surface area contributed by atoms with Crippen LogP contribution in [0.4, 0.5) is 4.79 Å². The molecule has 0 aliphatic heterocycles. The minimum atomic E-state index is -1.12. The first-order chi connectivity index (χ1) is 10.1. The number of nitrogens with one attached hydrogen (secondary N) is 2. The molecule has 2 rings (SSSR count). The van der Waals surface area contributed by atoms with E-state index in [1.54, 1.807) is 47.3 Å². The van der Waals surface area contributed by atoms with Gasteiger partial charge in [0.05, 0.1) is 6.54 Å². The molecule has 1 aromatic heterocycles. The summed E-state index contributed by atoms with van der Waals surface area (Å²) in [4.78, 5) is 27.1. The quantitative estimate of drug-likeness (QED) is 0.766. The summed E-state index contributed by atoms with van der Waals surface area (Å²) in [5.74, 6) is -0.440. The monoisotopic (exact) mass is 288 g/mol. The fourth-order valence-corrected chi connectivity index (χ4v) is 1.84. The number of amides is 2. The van der Waals surface area contributed by atoms with Crippen molar-refractivity contribution < 1.29 is 14.7 Å². The van der Waals surface area contributed by atoms with E-state index in [1.165, 1.54) is 0 Å². The molecule has 0 radical (unpaired) electrons. The van der Waals surface area contributed by atoms with Crippen molar-refractivity contribution in [3.8, 4) is 0 Å². The first-order valence-electron chi connectivity index (χ1n) is 6.36. The average molecular weight is 288 g/mol. The van der Waals surface area contributed by atoms with Crippen molar-refractivity contribution in [1.29, 1.82) is 0 Å². The second kappa shape index (κ2) is 6.56. The molecule has 2 aromatic rings. The molecule has 1 heterocycles. The highest BCUT2D eigenvalue weighted by Gasteiger charge is 2.21. The lowest BCUT2D eigenvalue weighted by Crippen LogP contribution is -2.40. The third-order valence-electron chi connectivity index (χ3n) is 2.98. The maximum atomic E-state index is 11.8. The number of carbonyl (C=O) groups is 2. The third-order valence-corrected chi connectivity index (χ3v) is 2.98. The van der Waals surface area contributed by atoms with Crippen LogP contribution in [0.2, 0.25) is 0 Å². The van der Waals surface area contributed by atoms with E-state index in [1.807, 2.05) is 7.05 Å². The van der Waals surface area contributed by atoms with Gasteiger partial charge in [-0.2, -0.15) is 0 Å². The number of carbonyl (C=O) groups excluding carboxylic acids is 1. The number of rotatable bonds is 5. The first-order valence-corrected chi connectivity index (χ1v) is 6.36. The summed E-state index contributed by atoms with van der Waals surface area (Å²) < 4.78 is 1.77. The third kappa shape index (κ3) is 3.82. The molecule has 21 heavy (non-hydrogen) atoms. The molecule has 0 saturated carbocycles. The molecule has 0 saturated heterocycles. The Morgan fingerprint density at radius 2 is 2.05 bits per heavy atom. The normalized spacial score (nSPS) is 11.7. The highest BCUT2D eigenvalue weighted by atomic mass is 16.4. The summed E-state index contributed by atoms with van der Waals surface area (Å²) in [7, 11) is 1.81. The van der Waals surface area contributed by atoms with Crippen molar-refractivity contribution in [2.45, 2.75) is 12.6 Å². The van der Waals surface area contributed by atoms with Gasteiger partial charge in [-0.1, -0.05) is 30.3 Å². The number of carboxylic acids is 1. The van der Waals surface area contributed by atoms with Gasteiger partial charge in [-0.25, -0.2) is 14.6 Å². The summed E-state index contributed by atoms with van der Waals surface area (Å²) in [5, 5.41) is 14.2. The summed E-state index contributed by atoms with van der Waals surface area (Å²) in [6.07, 6.45) is 3.39. The zero-order valence-electron chi connectivity index (χ0n) is 11.5. The maximum absolute atomic E-state index is 11.8. The van der Waals surface area contributed by atoms with E-state index in [9.17, 15) is 14.7 Å². The highest BCUT2D eigenvalue weighted by molar-refractivity contribution is 5.83. The number of urea groups is 1. The van der Waals surface area contributed by atoms with Crippen LogP contribution in [-0.2, 0) is 18.4 Å². The Labute approximate surface area is 121 Å². The second-order valence-corrected chi connectivity index (χ2v) is 4.46. The van der Waals surface area contributed by atoms with Gasteiger partial charge in [0, 0.05) is 19.4 Å². The minimum absolute atomic E-state index is 0.219. The van der Waals surface area contributed by atoms with E-state index < -0.39 is 18.0 Å². The van der Waals surface area contributed by atoms with Crippen molar-refractivity contribution in [3.63, 3.8) is 0 Å². The lowest BCUT2D eigenvalue weighted by Gasteiger charge is -2.15. The number of nitrogens with zero attached hydrogens (tertiary/aromatic N) is 2. The van der Waals surface area contributed by atoms with Crippen LogP contribution >= 0.6 is 0 Å². The molecule has 1 aromatic carbocycles. The molecule has 0 unspecified atom stereocenters. The number of carboxylic acid groups (broad SMARTS) is 1. The van der Waals surface area contributed by atoms with E-state index in [0.29, 0.717) is 11.4 Å². The number of aromatic nitrogens is 2. The lowest BCUT2D eigenvalue weighted by atomic mass is 10.1. The van der Waals surface area contributed by atoms with Crippen LogP contribution in [0.3, 0.4) is 0 Å². The minimum Gasteiger partial charge on any atom is -0.479 e. The molecular formula is C14H16N4O3. The molecule has 0 aliphatic rings. The molecule has 7 heteroatoms. The van der Waals surface area contributed by atoms with Crippen molar-refractivity contribution >= 4 is 12.0 Å². The van der Waals surface area contributed by atoms with Crippen molar-refractivity contribution in [2.75, 3.05) is 0 Å². The predicted octanol–water partition coefficient (Wildman–Crippen LogP) is 1.05. The zero-order chi connectivity index (χ0) is 15.2. The average Bonchev–Trinajstić information content (AvgIpc) is 2.88. The molecular weight excluding hydrogens is 272 g/mol. The standard InChI is InChI=1S/C14H16N4O3/c1-18-8-7-15-11(18)9-16-14(21)17-12(13(19)20)10-5-3-2-4-6-10/h2-8,12H,9H2,1H3,(H,19,20)(H2,16,17,21)/t12-/m0/s1. The Morgan fingerprint density at radius 1 is 1.33 bits per heavy atom. The molecule has 110 valence electrons. The fraction of sp³-hybridized carbons (Fsp3) is 0.214. The van der Waals surface area contributed by atoms with Crippen molar-refractivity contribution in [1.82, 2.24) is 20.2 Å². The Kier molecular flexibility index (Phi) is 4.55. The van der Waals surface area contributed by atoms with E-state index in [0.717, 1.165) is 0 Å². The van der Waals surface area contributed by atoms with Crippen LogP contribution in [0.15, 0.2) is 42.7 Å². The van der Waals surface area contributed by atoms with Gasteiger partial charge in [-0.05, 0) is 5.56 Å². The van der Waals surface area contributed by atoms with E-state index in [-0.39, 0.29) is 6.54 Å². The maximum Gasteiger partial charge on any atom is 0.330 e. The Bertz CT molecular complexity index is 624. The summed E-state index contributed by atoms with van der Waals surface area (Å²) in [5.41, 5.74) is 0.511. The molecule has 3 N–H and O–H groups in total. The number of hydrogen-bond donors (Lipinski definition) is 3. The molecule has 0 spiro atoms. The largest absolute Gasteiger partial charge is 0.479 e. The number of benzene rings is 1. The van der Waals surface area contributed by atoms with E-state index in [4.69, 9.17) is 0 Å². The van der Waals surface area contributed by atoms with Gasteiger partial charge < -0.3 is 20.3 Å². The van der Waals surface area contributed by atoms with Crippen molar-refractivity contribution in [3.05, 3.63) is 54.1 Å². The molecule has 0 bridgehead atoms. The lowest BCUT2D eigenvalue weighted by molar-refractivity contribution is -0.139. The molecule has 2 amide bonds. The summed E-state index contributed by atoms with van der Waals surface area (Å²) >= 11 is 0. The number of aryl methyl sites for hydroxylation is 1. The Hall–Kier alpha value is -2.83. The van der Waals surface area contributed by atoms with E-state index >= 15 is 0 Å². The van der Waals surface area contributed by atoms with Crippen LogP contribution in [0.1, 0.15) is 17.4 Å². The van der Waals surface area contributed by atoms with Crippen molar-refractivity contribution in [2.24, 2.45) is 7.05 Å². The summed E-state index contributed by atoms with van der Waals surface area (Å²) in [6, 6.07) is 6.87. The van der Waals surface area contributed by atoms with Gasteiger partial charge in [0.2, 0.25) is 0 Å². The fourth-order valence-electron chi connectivity index (χ4n) is 1.84. The molecule has 1 atom stereocenters. The van der Waals surface area contributed by atoms with Gasteiger partial charge in [0.25, 0.3) is 0 Å². The van der Waals surface area contributed by atoms with Crippen LogP contribution in [-0.4, -0.2) is 26.7 Å². The highest BCUT2D eigenvalue weighted by Crippen LogP contribution is 2.12. The van der Waals surface area contributed by atoms with Gasteiger partial charge in [-0.15, -0.1) is 0 Å². The SMILES string of the molecule is Cn1ccnc1CNC(=O)N[C@H](C(=O)O)c1ccccc1. The van der Waals surface area contributed by atoms with Crippen LogP contribution in [0.25, 0.3) is 0 Å². The van der Waals surface area contributed by atoms with E-state index in [2.05, 4.69) is 15.6 Å². The first kappa shape index (κ1) is 14.6. The van der Waals surface area contributed by atoms with Gasteiger partial charge >= 0.3 is 12.0 Å². The number of hydrogen-bond acceptors (Lipinski definition) is 3. The Balaban J connectivity index is 1.96. The second-order valence-electron chi connectivity index (χ2n) is 4.46.